The highest BCUT2D eigenvalue weighted by Gasteiger charge is 2.36. The Bertz CT molecular complexity index is 689. The number of aryl methyl sites for hydroxylation is 2. The predicted molar refractivity (Wildman–Crippen MR) is 89.2 cm³/mol. The Hall–Kier alpha value is -1.40. The van der Waals surface area contributed by atoms with Gasteiger partial charge >= 0.3 is 0 Å². The number of hydrogen-bond acceptors (Lipinski definition) is 4. The van der Waals surface area contributed by atoms with Crippen LogP contribution in [0, 0.1) is 13.8 Å². The number of morpholine rings is 1. The zero-order chi connectivity index (χ0) is 17.4. The van der Waals surface area contributed by atoms with E-state index >= 15 is 0 Å². The van der Waals surface area contributed by atoms with Gasteiger partial charge in [0.25, 0.3) is 0 Å². The molecule has 2 rings (SSSR count). The average molecular weight is 339 g/mol. The summed E-state index contributed by atoms with van der Waals surface area (Å²) in [6.45, 7) is 9.70. The minimum atomic E-state index is -3.71. The highest BCUT2D eigenvalue weighted by Crippen LogP contribution is 2.23. The van der Waals surface area contributed by atoms with Gasteiger partial charge in [0.05, 0.1) is 17.1 Å². The van der Waals surface area contributed by atoms with E-state index in [1.54, 1.807) is 24.0 Å². The van der Waals surface area contributed by atoms with Gasteiger partial charge in [-0.2, -0.15) is 0 Å². The average Bonchev–Trinajstić information content (AvgIpc) is 2.47. The van der Waals surface area contributed by atoms with E-state index in [9.17, 15) is 13.2 Å². The molecule has 0 saturated carbocycles. The summed E-state index contributed by atoms with van der Waals surface area (Å²) >= 11 is 0. The third-order valence-corrected chi connectivity index (χ3v) is 6.38. The van der Waals surface area contributed by atoms with Gasteiger partial charge < -0.3 is 9.64 Å². The lowest BCUT2D eigenvalue weighted by Gasteiger charge is -2.36. The second-order valence-electron chi connectivity index (χ2n) is 6.46. The molecule has 0 unspecified atom stereocenters. The number of nitrogens with zero attached hydrogens (tertiary/aromatic N) is 1. The highest BCUT2D eigenvalue weighted by molar-refractivity contribution is 7.92. The summed E-state index contributed by atoms with van der Waals surface area (Å²) in [6, 6.07) is 5.28. The summed E-state index contributed by atoms with van der Waals surface area (Å²) < 4.78 is 31.4. The first-order chi connectivity index (χ1) is 10.6. The molecule has 1 aliphatic rings. The van der Waals surface area contributed by atoms with E-state index in [2.05, 4.69) is 0 Å². The van der Waals surface area contributed by atoms with Gasteiger partial charge in [-0.1, -0.05) is 12.1 Å². The monoisotopic (exact) mass is 339 g/mol. The fourth-order valence-electron chi connectivity index (χ4n) is 2.95. The van der Waals surface area contributed by atoms with Gasteiger partial charge in [0, 0.05) is 13.1 Å². The Morgan fingerprint density at radius 2 is 1.78 bits per heavy atom. The van der Waals surface area contributed by atoms with Crippen LogP contribution in [0.4, 0.5) is 0 Å². The molecule has 1 heterocycles. The summed E-state index contributed by atoms with van der Waals surface area (Å²) in [5.74, 6) is -0.354. The molecule has 128 valence electrons. The lowest BCUT2D eigenvalue weighted by molar-refractivity contribution is -0.142. The van der Waals surface area contributed by atoms with Crippen LogP contribution in [-0.2, 0) is 19.4 Å². The molecule has 1 aliphatic heterocycles. The summed E-state index contributed by atoms with van der Waals surface area (Å²) in [7, 11) is -3.71. The Balaban J connectivity index is 2.29. The fourth-order valence-corrected chi connectivity index (χ4v) is 4.61. The van der Waals surface area contributed by atoms with Gasteiger partial charge in [-0.15, -0.1) is 0 Å². The second kappa shape index (κ2) is 6.61. The number of carbonyl (C=O) groups excluding carboxylic acids is 1. The number of sulfone groups is 1. The minimum absolute atomic E-state index is 0.0849. The van der Waals surface area contributed by atoms with Crippen molar-refractivity contribution in [3.05, 3.63) is 29.3 Å². The zero-order valence-corrected chi connectivity index (χ0v) is 15.2. The van der Waals surface area contributed by atoms with Crippen molar-refractivity contribution in [3.8, 4) is 0 Å². The van der Waals surface area contributed by atoms with E-state index in [1.165, 1.54) is 6.92 Å². The third-order valence-electron chi connectivity index (χ3n) is 4.19. The molecular formula is C17H25NO4S. The van der Waals surface area contributed by atoms with E-state index < -0.39 is 15.1 Å². The van der Waals surface area contributed by atoms with Crippen molar-refractivity contribution < 1.29 is 17.9 Å². The van der Waals surface area contributed by atoms with Crippen molar-refractivity contribution in [1.82, 2.24) is 4.90 Å². The van der Waals surface area contributed by atoms with Gasteiger partial charge in [-0.05, 0) is 51.8 Å². The van der Waals surface area contributed by atoms with Gasteiger partial charge in [-0.25, -0.2) is 8.42 Å². The van der Waals surface area contributed by atoms with Gasteiger partial charge in [0.2, 0.25) is 5.91 Å². The number of rotatable bonds is 3. The van der Waals surface area contributed by atoms with Crippen molar-refractivity contribution in [1.29, 1.82) is 0 Å². The Labute approximate surface area is 138 Å². The van der Waals surface area contributed by atoms with Crippen LogP contribution in [0.5, 0.6) is 0 Å². The molecule has 6 heteroatoms. The number of benzene rings is 1. The quantitative estimate of drug-likeness (QED) is 0.846. The van der Waals surface area contributed by atoms with Crippen LogP contribution in [-0.4, -0.2) is 49.8 Å². The molecule has 0 spiro atoms. The van der Waals surface area contributed by atoms with E-state index in [0.717, 1.165) is 5.56 Å². The molecule has 1 aromatic carbocycles. The van der Waals surface area contributed by atoms with Gasteiger partial charge in [-0.3, -0.25) is 4.79 Å². The van der Waals surface area contributed by atoms with E-state index in [-0.39, 0.29) is 23.0 Å². The molecule has 0 aromatic heterocycles. The van der Waals surface area contributed by atoms with Gasteiger partial charge in [0.1, 0.15) is 5.25 Å². The number of ether oxygens (including phenoxy) is 1. The Morgan fingerprint density at radius 3 is 2.35 bits per heavy atom. The van der Waals surface area contributed by atoms with Crippen molar-refractivity contribution >= 4 is 15.7 Å². The summed E-state index contributed by atoms with van der Waals surface area (Å²) in [4.78, 5) is 14.5. The second-order valence-corrected chi connectivity index (χ2v) is 8.69. The van der Waals surface area contributed by atoms with E-state index in [0.29, 0.717) is 18.7 Å². The largest absolute Gasteiger partial charge is 0.372 e. The molecular weight excluding hydrogens is 314 g/mol. The van der Waals surface area contributed by atoms with Crippen molar-refractivity contribution in [2.24, 2.45) is 0 Å². The van der Waals surface area contributed by atoms with Crippen LogP contribution in [0.15, 0.2) is 23.1 Å². The predicted octanol–water partition coefficient (Wildman–Crippen LogP) is 2.10. The zero-order valence-electron chi connectivity index (χ0n) is 14.4. The standard InChI is InChI=1S/C17H25NO4S/c1-11-6-7-12(2)16(8-11)23(20,21)15(5)17(19)18-9-13(3)22-14(4)10-18/h6-8,13-15H,9-10H2,1-5H3/t13-,14+,15-/m0/s1. The van der Waals surface area contributed by atoms with E-state index in [1.807, 2.05) is 26.8 Å². The highest BCUT2D eigenvalue weighted by atomic mass is 32.2. The molecule has 3 atom stereocenters. The molecule has 23 heavy (non-hydrogen) atoms. The lowest BCUT2D eigenvalue weighted by Crippen LogP contribution is -2.52. The molecule has 1 aromatic rings. The van der Waals surface area contributed by atoms with Crippen LogP contribution in [0.1, 0.15) is 31.9 Å². The van der Waals surface area contributed by atoms with Crippen molar-refractivity contribution in [2.45, 2.75) is 57.0 Å². The van der Waals surface area contributed by atoms with E-state index in [4.69, 9.17) is 4.74 Å². The maximum Gasteiger partial charge on any atom is 0.241 e. The molecule has 0 N–H and O–H groups in total. The molecule has 1 saturated heterocycles. The first kappa shape index (κ1) is 17.9. The normalized spacial score (nSPS) is 23.6. The van der Waals surface area contributed by atoms with Crippen LogP contribution in [0.2, 0.25) is 0 Å². The number of carbonyl (C=O) groups is 1. The Kier molecular flexibility index (Phi) is 5.16. The maximum atomic E-state index is 12.9. The Morgan fingerprint density at radius 1 is 1.22 bits per heavy atom. The van der Waals surface area contributed by atoms with Crippen molar-refractivity contribution in [2.75, 3.05) is 13.1 Å². The fraction of sp³-hybridized carbons (Fsp3) is 0.588. The number of amides is 1. The summed E-state index contributed by atoms with van der Waals surface area (Å²) in [5.41, 5.74) is 1.53. The van der Waals surface area contributed by atoms with Gasteiger partial charge in [0.15, 0.2) is 9.84 Å². The van der Waals surface area contributed by atoms with Crippen LogP contribution in [0.25, 0.3) is 0 Å². The molecule has 1 amide bonds. The molecule has 0 aliphatic carbocycles. The molecule has 0 bridgehead atoms. The summed E-state index contributed by atoms with van der Waals surface area (Å²) in [6.07, 6.45) is -0.170. The SMILES string of the molecule is Cc1ccc(C)c(S(=O)(=O)[C@@H](C)C(=O)N2C[C@@H](C)O[C@@H](C)C2)c1. The first-order valence-electron chi connectivity index (χ1n) is 7.88. The smallest absolute Gasteiger partial charge is 0.241 e. The summed E-state index contributed by atoms with van der Waals surface area (Å²) in [5, 5.41) is -1.10. The van der Waals surface area contributed by atoms with Crippen LogP contribution >= 0.6 is 0 Å². The van der Waals surface area contributed by atoms with Crippen LogP contribution in [0.3, 0.4) is 0 Å². The first-order valence-corrected chi connectivity index (χ1v) is 9.43. The maximum absolute atomic E-state index is 12.9. The topological polar surface area (TPSA) is 63.7 Å². The third kappa shape index (κ3) is 3.75. The molecule has 5 nitrogen and oxygen atoms in total. The lowest BCUT2D eigenvalue weighted by atomic mass is 10.2. The molecule has 1 fully saturated rings. The minimum Gasteiger partial charge on any atom is -0.372 e. The number of hydrogen-bond donors (Lipinski definition) is 0. The molecule has 0 radical (unpaired) electrons. The van der Waals surface area contributed by atoms with Crippen molar-refractivity contribution in [3.63, 3.8) is 0 Å². The van der Waals surface area contributed by atoms with Crippen LogP contribution < -0.4 is 0 Å².